The molecule has 124 valence electrons. The van der Waals surface area contributed by atoms with Gasteiger partial charge in [0.15, 0.2) is 16.2 Å². The van der Waals surface area contributed by atoms with Crippen molar-refractivity contribution in [3.8, 4) is 5.75 Å². The van der Waals surface area contributed by atoms with Crippen LogP contribution in [0.3, 0.4) is 0 Å². The van der Waals surface area contributed by atoms with Gasteiger partial charge in [0.2, 0.25) is 9.84 Å². The van der Waals surface area contributed by atoms with Gasteiger partial charge in [0.25, 0.3) is 0 Å². The molecule has 0 amide bonds. The monoisotopic (exact) mass is 364 g/mol. The minimum atomic E-state index is -4.01. The van der Waals surface area contributed by atoms with Crippen LogP contribution in [0, 0.1) is 0 Å². The maximum Gasteiger partial charge on any atom is 0.355 e. The summed E-state index contributed by atoms with van der Waals surface area (Å²) in [6, 6.07) is 11.9. The Balaban J connectivity index is 2.22. The highest BCUT2D eigenvalue weighted by Gasteiger charge is 2.24. The summed E-state index contributed by atoms with van der Waals surface area (Å²) < 4.78 is 36.0. The molecule has 0 radical (unpaired) electrons. The molecular weight excluding hydrogens is 352 g/mol. The van der Waals surface area contributed by atoms with Crippen molar-refractivity contribution in [1.82, 2.24) is 0 Å². The Labute approximate surface area is 143 Å². The number of para-hydroxylation sites is 1. The van der Waals surface area contributed by atoms with E-state index in [2.05, 4.69) is 0 Å². The van der Waals surface area contributed by atoms with Crippen LogP contribution in [0.15, 0.2) is 67.5 Å². The maximum absolute atomic E-state index is 12.7. The molecule has 0 aliphatic heterocycles. The Morgan fingerprint density at radius 1 is 1.12 bits per heavy atom. The van der Waals surface area contributed by atoms with Crippen molar-refractivity contribution in [2.75, 3.05) is 6.61 Å². The van der Waals surface area contributed by atoms with E-state index in [0.29, 0.717) is 22.8 Å². The van der Waals surface area contributed by atoms with Crippen LogP contribution in [-0.2, 0) is 9.84 Å². The van der Waals surface area contributed by atoms with E-state index >= 15 is 0 Å². The standard InChI is InChI=1S/C17H13ClO5S/c1-2-22-14-5-3-4-11-10-15(17(19)23-16(11)14)24(20,21)13-8-6-12(18)7-9-13/h3-10H,2H2,1H3. The molecule has 0 fully saturated rings. The molecule has 24 heavy (non-hydrogen) atoms. The summed E-state index contributed by atoms with van der Waals surface area (Å²) in [5.74, 6) is 0.391. The van der Waals surface area contributed by atoms with Gasteiger partial charge in [-0.3, -0.25) is 0 Å². The molecule has 0 unspecified atom stereocenters. The lowest BCUT2D eigenvalue weighted by Gasteiger charge is -2.08. The molecule has 0 saturated heterocycles. The van der Waals surface area contributed by atoms with Gasteiger partial charge >= 0.3 is 5.63 Å². The molecule has 0 bridgehead atoms. The summed E-state index contributed by atoms with van der Waals surface area (Å²) >= 11 is 5.78. The summed E-state index contributed by atoms with van der Waals surface area (Å²) in [6.45, 7) is 2.20. The van der Waals surface area contributed by atoms with Crippen LogP contribution < -0.4 is 10.4 Å². The van der Waals surface area contributed by atoms with Gasteiger partial charge in [-0.25, -0.2) is 13.2 Å². The molecule has 3 aromatic rings. The molecule has 0 atom stereocenters. The predicted octanol–water partition coefficient (Wildman–Crippen LogP) is 3.68. The van der Waals surface area contributed by atoms with Crippen molar-refractivity contribution >= 4 is 32.4 Å². The first-order valence-corrected chi connectivity index (χ1v) is 9.00. The minimum absolute atomic E-state index is 0.0282. The lowest BCUT2D eigenvalue weighted by Crippen LogP contribution is -2.14. The lowest BCUT2D eigenvalue weighted by molar-refractivity contribution is 0.336. The Kier molecular flexibility index (Phi) is 4.34. The van der Waals surface area contributed by atoms with Crippen molar-refractivity contribution < 1.29 is 17.6 Å². The van der Waals surface area contributed by atoms with E-state index in [1.54, 1.807) is 25.1 Å². The van der Waals surface area contributed by atoms with Crippen molar-refractivity contribution in [3.63, 3.8) is 0 Å². The lowest BCUT2D eigenvalue weighted by atomic mass is 10.2. The molecule has 3 rings (SSSR count). The zero-order valence-electron chi connectivity index (χ0n) is 12.7. The third-order valence-electron chi connectivity index (χ3n) is 3.41. The van der Waals surface area contributed by atoms with Crippen LogP contribution in [-0.4, -0.2) is 15.0 Å². The van der Waals surface area contributed by atoms with Crippen molar-refractivity contribution in [1.29, 1.82) is 0 Å². The summed E-state index contributed by atoms with van der Waals surface area (Å²) in [6.07, 6.45) is 0. The summed E-state index contributed by atoms with van der Waals surface area (Å²) in [4.78, 5) is 11.8. The predicted molar refractivity (Wildman–Crippen MR) is 90.6 cm³/mol. The second-order valence-electron chi connectivity index (χ2n) is 4.96. The fraction of sp³-hybridized carbons (Fsp3) is 0.118. The molecule has 1 heterocycles. The average Bonchev–Trinajstić information content (AvgIpc) is 2.55. The van der Waals surface area contributed by atoms with Gasteiger partial charge in [0.05, 0.1) is 11.5 Å². The highest BCUT2D eigenvalue weighted by atomic mass is 35.5. The minimum Gasteiger partial charge on any atom is -0.490 e. The first-order chi connectivity index (χ1) is 11.4. The van der Waals surface area contributed by atoms with Crippen LogP contribution in [0.4, 0.5) is 0 Å². The second kappa shape index (κ2) is 6.30. The number of rotatable bonds is 4. The molecule has 0 aliphatic carbocycles. The quantitative estimate of drug-likeness (QED) is 0.660. The van der Waals surface area contributed by atoms with Crippen LogP contribution >= 0.6 is 11.6 Å². The number of sulfone groups is 1. The molecule has 0 N–H and O–H groups in total. The van der Waals surface area contributed by atoms with Crippen LogP contribution in [0.1, 0.15) is 6.92 Å². The molecule has 5 nitrogen and oxygen atoms in total. The number of halogens is 1. The third-order valence-corrected chi connectivity index (χ3v) is 5.41. The van der Waals surface area contributed by atoms with Gasteiger partial charge in [0, 0.05) is 10.4 Å². The van der Waals surface area contributed by atoms with Gasteiger partial charge in [0.1, 0.15) is 0 Å². The summed E-state index contributed by atoms with van der Waals surface area (Å²) in [5.41, 5.74) is -0.719. The van der Waals surface area contributed by atoms with E-state index in [-0.39, 0.29) is 10.5 Å². The third kappa shape index (κ3) is 2.90. The van der Waals surface area contributed by atoms with Crippen molar-refractivity contribution in [3.05, 3.63) is 64.0 Å². The highest BCUT2D eigenvalue weighted by molar-refractivity contribution is 7.91. The Morgan fingerprint density at radius 3 is 2.50 bits per heavy atom. The Morgan fingerprint density at radius 2 is 1.83 bits per heavy atom. The van der Waals surface area contributed by atoms with E-state index in [9.17, 15) is 13.2 Å². The van der Waals surface area contributed by atoms with Gasteiger partial charge in [-0.15, -0.1) is 0 Å². The van der Waals surface area contributed by atoms with Gasteiger partial charge in [-0.1, -0.05) is 23.7 Å². The Bertz CT molecular complexity index is 1050. The van der Waals surface area contributed by atoms with E-state index in [0.717, 1.165) is 0 Å². The molecule has 1 aromatic heterocycles. The number of ether oxygens (including phenoxy) is 1. The van der Waals surface area contributed by atoms with Gasteiger partial charge < -0.3 is 9.15 Å². The largest absolute Gasteiger partial charge is 0.490 e. The van der Waals surface area contributed by atoms with E-state index in [1.165, 1.54) is 30.3 Å². The van der Waals surface area contributed by atoms with Crippen molar-refractivity contribution in [2.24, 2.45) is 0 Å². The van der Waals surface area contributed by atoms with Crippen LogP contribution in [0.25, 0.3) is 11.0 Å². The van der Waals surface area contributed by atoms with Gasteiger partial charge in [-0.2, -0.15) is 0 Å². The molecule has 0 saturated carbocycles. The van der Waals surface area contributed by atoms with Crippen molar-refractivity contribution in [2.45, 2.75) is 16.7 Å². The highest BCUT2D eigenvalue weighted by Crippen LogP contribution is 2.28. The van der Waals surface area contributed by atoms with E-state index < -0.39 is 20.4 Å². The van der Waals surface area contributed by atoms with Crippen LogP contribution in [0.2, 0.25) is 5.02 Å². The topological polar surface area (TPSA) is 73.6 Å². The zero-order chi connectivity index (χ0) is 17.3. The van der Waals surface area contributed by atoms with E-state index in [4.69, 9.17) is 20.8 Å². The number of hydrogen-bond acceptors (Lipinski definition) is 5. The van der Waals surface area contributed by atoms with Gasteiger partial charge in [-0.05, 0) is 43.3 Å². The fourth-order valence-electron chi connectivity index (χ4n) is 2.30. The number of hydrogen-bond donors (Lipinski definition) is 0. The normalized spacial score (nSPS) is 11.6. The maximum atomic E-state index is 12.7. The van der Waals surface area contributed by atoms with E-state index in [1.807, 2.05) is 0 Å². The first-order valence-electron chi connectivity index (χ1n) is 7.14. The number of benzene rings is 2. The summed E-state index contributed by atoms with van der Waals surface area (Å²) in [7, 11) is -4.01. The average molecular weight is 365 g/mol. The fourth-order valence-corrected chi connectivity index (χ4v) is 3.71. The number of fused-ring (bicyclic) bond motifs is 1. The summed E-state index contributed by atoms with van der Waals surface area (Å²) in [5, 5.41) is 0.869. The molecule has 0 spiro atoms. The van der Waals surface area contributed by atoms with Crippen LogP contribution in [0.5, 0.6) is 5.75 Å². The molecule has 2 aromatic carbocycles. The molecule has 0 aliphatic rings. The smallest absolute Gasteiger partial charge is 0.355 e. The first kappa shape index (κ1) is 16.5. The Hall–Kier alpha value is -2.31. The SMILES string of the molecule is CCOc1cccc2cc(S(=O)(=O)c3ccc(Cl)cc3)c(=O)oc12. The molecular formula is C17H13ClO5S. The zero-order valence-corrected chi connectivity index (χ0v) is 14.2. The second-order valence-corrected chi connectivity index (χ2v) is 7.32. The molecule has 7 heteroatoms.